The largest absolute Gasteiger partial charge is 0.484 e. The predicted molar refractivity (Wildman–Crippen MR) is 134 cm³/mol. The van der Waals surface area contributed by atoms with Gasteiger partial charge in [0.15, 0.2) is 6.61 Å². The summed E-state index contributed by atoms with van der Waals surface area (Å²) >= 11 is 0. The molecule has 1 aromatic carbocycles. The Balaban J connectivity index is 1.17. The lowest BCUT2D eigenvalue weighted by Crippen LogP contribution is -2.46. The molecule has 3 saturated heterocycles. The van der Waals surface area contributed by atoms with E-state index in [1.165, 1.54) is 0 Å². The molecule has 3 amide bonds. The number of benzene rings is 1. The molecule has 1 spiro atoms. The Kier molecular flexibility index (Phi) is 6.69. The van der Waals surface area contributed by atoms with Crippen LogP contribution in [0.2, 0.25) is 0 Å². The Morgan fingerprint density at radius 1 is 1.06 bits per heavy atom. The molecular weight excluding hydrogens is 456 g/mol. The molecule has 0 saturated carbocycles. The fraction of sp³-hybridized carbons (Fsp3) is 0.500. The Labute approximate surface area is 212 Å². The highest BCUT2D eigenvalue weighted by Crippen LogP contribution is 2.43. The number of aromatic nitrogens is 1. The van der Waals surface area contributed by atoms with E-state index >= 15 is 0 Å². The number of aryl methyl sites for hydroxylation is 1. The summed E-state index contributed by atoms with van der Waals surface area (Å²) in [4.78, 5) is 48.6. The molecule has 3 aliphatic rings. The van der Waals surface area contributed by atoms with Crippen LogP contribution in [0.3, 0.4) is 0 Å². The van der Waals surface area contributed by atoms with Crippen molar-refractivity contribution in [2.24, 2.45) is 11.3 Å². The Morgan fingerprint density at radius 2 is 1.78 bits per heavy atom. The van der Waals surface area contributed by atoms with Crippen LogP contribution >= 0.6 is 0 Å². The zero-order chi connectivity index (χ0) is 25.3. The number of hydrogen-bond donors (Lipinski definition) is 0. The lowest BCUT2D eigenvalue weighted by molar-refractivity contribution is -0.138. The van der Waals surface area contributed by atoms with Gasteiger partial charge in [-0.05, 0) is 54.9 Å². The van der Waals surface area contributed by atoms with E-state index < -0.39 is 0 Å². The first kappa shape index (κ1) is 24.3. The quantitative estimate of drug-likeness (QED) is 0.644. The highest BCUT2D eigenvalue weighted by Gasteiger charge is 2.48. The third-order valence-electron chi connectivity index (χ3n) is 8.30. The van der Waals surface area contributed by atoms with Gasteiger partial charge in [-0.25, -0.2) is 0 Å². The molecule has 8 nitrogen and oxygen atoms in total. The van der Waals surface area contributed by atoms with Crippen molar-refractivity contribution in [3.05, 3.63) is 59.9 Å². The van der Waals surface area contributed by atoms with Gasteiger partial charge >= 0.3 is 0 Å². The SMILES string of the molecule is Cc1ccccc1OCC(=O)N1CCC2(CC1)CCN(C(=O)C1CC(=O)N(C)C1c1cccnc1)C2. The van der Waals surface area contributed by atoms with Crippen LogP contribution in [0.4, 0.5) is 0 Å². The number of nitrogens with zero attached hydrogens (tertiary/aromatic N) is 4. The maximum atomic E-state index is 13.6. The number of para-hydroxylation sites is 1. The number of rotatable bonds is 5. The second kappa shape index (κ2) is 9.91. The van der Waals surface area contributed by atoms with Crippen LogP contribution in [0.15, 0.2) is 48.8 Å². The van der Waals surface area contributed by atoms with Crippen molar-refractivity contribution in [1.82, 2.24) is 19.7 Å². The minimum atomic E-state index is -0.387. The first-order valence-corrected chi connectivity index (χ1v) is 12.8. The van der Waals surface area contributed by atoms with Gasteiger partial charge in [0.25, 0.3) is 5.91 Å². The molecule has 4 heterocycles. The second-order valence-electron chi connectivity index (χ2n) is 10.5. The van der Waals surface area contributed by atoms with E-state index in [0.29, 0.717) is 26.2 Å². The summed E-state index contributed by atoms with van der Waals surface area (Å²) in [5.41, 5.74) is 1.96. The zero-order valence-electron chi connectivity index (χ0n) is 21.1. The molecule has 2 aromatic rings. The lowest BCUT2D eigenvalue weighted by Gasteiger charge is -2.39. The molecule has 0 aliphatic carbocycles. The summed E-state index contributed by atoms with van der Waals surface area (Å²) in [7, 11) is 1.77. The van der Waals surface area contributed by atoms with Gasteiger partial charge in [-0.2, -0.15) is 0 Å². The maximum Gasteiger partial charge on any atom is 0.260 e. The van der Waals surface area contributed by atoms with Crippen LogP contribution in [0.5, 0.6) is 5.75 Å². The number of carbonyl (C=O) groups excluding carboxylic acids is 3. The molecule has 190 valence electrons. The third-order valence-corrected chi connectivity index (χ3v) is 8.30. The molecule has 8 heteroatoms. The monoisotopic (exact) mass is 490 g/mol. The molecule has 0 N–H and O–H groups in total. The molecule has 0 radical (unpaired) electrons. The molecule has 5 rings (SSSR count). The van der Waals surface area contributed by atoms with Crippen LogP contribution in [0, 0.1) is 18.3 Å². The fourth-order valence-electron chi connectivity index (χ4n) is 6.04. The molecule has 36 heavy (non-hydrogen) atoms. The van der Waals surface area contributed by atoms with E-state index in [-0.39, 0.29) is 48.1 Å². The second-order valence-corrected chi connectivity index (χ2v) is 10.5. The number of amides is 3. The van der Waals surface area contributed by atoms with Crippen LogP contribution < -0.4 is 4.74 Å². The topological polar surface area (TPSA) is 83.0 Å². The highest BCUT2D eigenvalue weighted by atomic mass is 16.5. The van der Waals surface area contributed by atoms with Crippen molar-refractivity contribution >= 4 is 17.7 Å². The molecule has 3 fully saturated rings. The van der Waals surface area contributed by atoms with E-state index in [2.05, 4.69) is 4.98 Å². The summed E-state index contributed by atoms with van der Waals surface area (Å²) in [5.74, 6) is 0.414. The van der Waals surface area contributed by atoms with Gasteiger partial charge in [0, 0.05) is 52.0 Å². The minimum Gasteiger partial charge on any atom is -0.484 e. The molecule has 2 atom stereocenters. The van der Waals surface area contributed by atoms with E-state index in [9.17, 15) is 14.4 Å². The van der Waals surface area contributed by atoms with Crippen molar-refractivity contribution in [2.45, 2.75) is 38.6 Å². The number of likely N-dealkylation sites (tertiary alicyclic amines) is 3. The number of pyridine rings is 1. The normalized spacial score (nSPS) is 23.4. The van der Waals surface area contributed by atoms with E-state index in [0.717, 1.165) is 36.1 Å². The highest BCUT2D eigenvalue weighted by molar-refractivity contribution is 5.90. The first-order valence-electron chi connectivity index (χ1n) is 12.8. The average Bonchev–Trinajstić information content (AvgIpc) is 3.44. The van der Waals surface area contributed by atoms with Gasteiger partial charge < -0.3 is 19.4 Å². The van der Waals surface area contributed by atoms with Gasteiger partial charge in [0.05, 0.1) is 12.0 Å². The van der Waals surface area contributed by atoms with E-state index in [1.807, 2.05) is 53.1 Å². The third kappa shape index (κ3) is 4.68. The predicted octanol–water partition coefficient (Wildman–Crippen LogP) is 2.83. The van der Waals surface area contributed by atoms with Crippen molar-refractivity contribution in [3.8, 4) is 5.75 Å². The summed E-state index contributed by atoms with van der Waals surface area (Å²) in [6.45, 7) is 4.78. The standard InChI is InChI=1S/C28H34N4O4/c1-20-6-3-4-8-23(20)36-18-25(34)31-13-9-28(10-14-31)11-15-32(19-28)27(35)22-16-24(33)30(2)26(22)21-7-5-12-29-17-21/h3-8,12,17,22,26H,9-11,13-16,18-19H2,1-2H3. The van der Waals surface area contributed by atoms with E-state index in [1.54, 1.807) is 24.3 Å². The molecule has 1 aromatic heterocycles. The molecule has 3 aliphatic heterocycles. The van der Waals surface area contributed by atoms with Gasteiger partial charge in [0.1, 0.15) is 5.75 Å². The van der Waals surface area contributed by atoms with Gasteiger partial charge in [-0.3, -0.25) is 19.4 Å². The minimum absolute atomic E-state index is 0.00384. The van der Waals surface area contributed by atoms with E-state index in [4.69, 9.17) is 4.74 Å². The van der Waals surface area contributed by atoms with Crippen molar-refractivity contribution in [3.63, 3.8) is 0 Å². The maximum absolute atomic E-state index is 13.6. The molecule has 2 unspecified atom stereocenters. The van der Waals surface area contributed by atoms with Crippen LogP contribution in [0.25, 0.3) is 0 Å². The fourth-order valence-corrected chi connectivity index (χ4v) is 6.04. The summed E-state index contributed by atoms with van der Waals surface area (Å²) < 4.78 is 5.76. The summed E-state index contributed by atoms with van der Waals surface area (Å²) in [6.07, 6.45) is 6.38. The van der Waals surface area contributed by atoms with Crippen molar-refractivity contribution in [2.75, 3.05) is 39.8 Å². The Hall–Kier alpha value is -3.42. The number of hydrogen-bond acceptors (Lipinski definition) is 5. The number of piperidine rings is 1. The van der Waals surface area contributed by atoms with Crippen LogP contribution in [0.1, 0.15) is 42.9 Å². The van der Waals surface area contributed by atoms with Gasteiger partial charge in [0.2, 0.25) is 11.8 Å². The first-order chi connectivity index (χ1) is 17.4. The average molecular weight is 491 g/mol. The Morgan fingerprint density at radius 3 is 2.47 bits per heavy atom. The van der Waals surface area contributed by atoms with Gasteiger partial charge in [-0.15, -0.1) is 0 Å². The number of ether oxygens (including phenoxy) is 1. The number of carbonyl (C=O) groups is 3. The summed E-state index contributed by atoms with van der Waals surface area (Å²) in [5, 5.41) is 0. The van der Waals surface area contributed by atoms with Crippen molar-refractivity contribution < 1.29 is 19.1 Å². The molecular formula is C28H34N4O4. The van der Waals surface area contributed by atoms with Gasteiger partial charge in [-0.1, -0.05) is 24.3 Å². The van der Waals surface area contributed by atoms with Crippen LogP contribution in [-0.2, 0) is 14.4 Å². The Bertz CT molecular complexity index is 1130. The van der Waals surface area contributed by atoms with Crippen LogP contribution in [-0.4, -0.2) is 77.2 Å². The molecule has 0 bridgehead atoms. The summed E-state index contributed by atoms with van der Waals surface area (Å²) in [6, 6.07) is 11.2. The van der Waals surface area contributed by atoms with Crippen molar-refractivity contribution in [1.29, 1.82) is 0 Å². The zero-order valence-corrected chi connectivity index (χ0v) is 21.1. The lowest BCUT2D eigenvalue weighted by atomic mass is 9.77. The smallest absolute Gasteiger partial charge is 0.260 e.